The minimum absolute atomic E-state index is 0.0548. The van der Waals surface area contributed by atoms with E-state index < -0.39 is 64.7 Å². The highest BCUT2D eigenvalue weighted by Gasteiger charge is 2.69. The SMILES string of the molecule is CN(C)c1cc(C#CCc2ccccc2)c(O)c2c1C[C@@H]1C[C@@H]3[C@@H](N(C)C)C(O)C(C(N)=O)C(=O)[C@]3(O)C(=O)C1C2=O. The van der Waals surface area contributed by atoms with Crippen LogP contribution in [0, 0.1) is 35.5 Å². The Hall–Kier alpha value is -4.04. The number of primary amides is 1. The molecule has 1 amide bonds. The summed E-state index contributed by atoms with van der Waals surface area (Å²) in [6, 6.07) is 10.3. The lowest BCUT2D eigenvalue weighted by Crippen LogP contribution is -2.75. The Balaban J connectivity index is 1.61. The summed E-state index contributed by atoms with van der Waals surface area (Å²) in [6.45, 7) is 0. The Morgan fingerprint density at radius 1 is 1.10 bits per heavy atom. The zero-order chi connectivity index (χ0) is 30.7. The maximum Gasteiger partial charge on any atom is 0.230 e. The number of fused-ring (bicyclic) bond motifs is 3. The lowest BCUT2D eigenvalue weighted by Gasteiger charge is -2.55. The number of carbonyl (C=O) groups excluding carboxylic acids is 4. The summed E-state index contributed by atoms with van der Waals surface area (Å²) in [4.78, 5) is 57.3. The summed E-state index contributed by atoms with van der Waals surface area (Å²) in [7, 11) is 6.83. The van der Waals surface area contributed by atoms with E-state index in [1.165, 1.54) is 0 Å². The number of ketones is 3. The molecule has 2 fully saturated rings. The third kappa shape index (κ3) is 4.40. The lowest BCUT2D eigenvalue weighted by atomic mass is 9.52. The van der Waals surface area contributed by atoms with E-state index in [0.717, 1.165) is 5.56 Å². The molecule has 5 N–H and O–H groups in total. The summed E-state index contributed by atoms with van der Waals surface area (Å²) >= 11 is 0. The Labute approximate surface area is 244 Å². The maximum atomic E-state index is 14.1. The van der Waals surface area contributed by atoms with Crippen molar-refractivity contribution >= 4 is 28.9 Å². The molecule has 0 bridgehead atoms. The summed E-state index contributed by atoms with van der Waals surface area (Å²) < 4.78 is 0. The van der Waals surface area contributed by atoms with E-state index in [2.05, 4.69) is 11.8 Å². The lowest BCUT2D eigenvalue weighted by molar-refractivity contribution is -0.190. The number of carbonyl (C=O) groups is 4. The van der Waals surface area contributed by atoms with Crippen molar-refractivity contribution in [1.82, 2.24) is 4.90 Å². The summed E-state index contributed by atoms with van der Waals surface area (Å²) in [5.41, 5.74) is 5.10. The van der Waals surface area contributed by atoms with Crippen LogP contribution in [0.25, 0.3) is 0 Å². The second-order valence-electron chi connectivity index (χ2n) is 12.0. The number of amides is 1. The zero-order valence-corrected chi connectivity index (χ0v) is 24.0. The fraction of sp³-hybridized carbons (Fsp3) is 0.438. The van der Waals surface area contributed by atoms with Crippen molar-refractivity contribution in [1.29, 1.82) is 0 Å². The molecule has 0 spiro atoms. The Morgan fingerprint density at radius 2 is 1.76 bits per heavy atom. The molecule has 3 aliphatic rings. The van der Waals surface area contributed by atoms with Crippen LogP contribution in [0.5, 0.6) is 5.75 Å². The number of phenols is 1. The molecule has 3 unspecified atom stereocenters. The molecule has 0 aliphatic heterocycles. The smallest absolute Gasteiger partial charge is 0.230 e. The Morgan fingerprint density at radius 3 is 2.36 bits per heavy atom. The number of anilines is 1. The van der Waals surface area contributed by atoms with Crippen LogP contribution >= 0.6 is 0 Å². The van der Waals surface area contributed by atoms with Crippen molar-refractivity contribution in [2.24, 2.45) is 29.4 Å². The molecule has 0 heterocycles. The molecule has 10 heteroatoms. The predicted octanol–water partition coefficient (Wildman–Crippen LogP) is 0.319. The predicted molar refractivity (Wildman–Crippen MR) is 154 cm³/mol. The topological polar surface area (TPSA) is 161 Å². The highest BCUT2D eigenvalue weighted by molar-refractivity contribution is 6.25. The van der Waals surface area contributed by atoms with Gasteiger partial charge in [-0.2, -0.15) is 0 Å². The minimum Gasteiger partial charge on any atom is -0.506 e. The van der Waals surface area contributed by atoms with Crippen molar-refractivity contribution in [2.75, 3.05) is 33.1 Å². The third-order valence-corrected chi connectivity index (χ3v) is 9.11. The first kappa shape index (κ1) is 29.5. The van der Waals surface area contributed by atoms with E-state index in [1.807, 2.05) is 35.2 Å². The van der Waals surface area contributed by atoms with E-state index in [-0.39, 0.29) is 29.7 Å². The van der Waals surface area contributed by atoms with E-state index in [9.17, 15) is 34.5 Å². The van der Waals surface area contributed by atoms with Gasteiger partial charge < -0.3 is 30.9 Å². The van der Waals surface area contributed by atoms with Crippen LogP contribution in [-0.2, 0) is 27.2 Å². The molecule has 7 atom stereocenters. The number of hydrogen-bond donors (Lipinski definition) is 4. The molecule has 0 saturated heterocycles. The fourth-order valence-corrected chi connectivity index (χ4v) is 7.20. The third-order valence-electron chi connectivity index (χ3n) is 9.11. The van der Waals surface area contributed by atoms with Crippen LogP contribution in [0.4, 0.5) is 5.69 Å². The molecular weight excluding hydrogens is 538 g/mol. The molecule has 0 radical (unpaired) electrons. The molecule has 2 aromatic rings. The van der Waals surface area contributed by atoms with Crippen molar-refractivity contribution in [2.45, 2.75) is 37.0 Å². The van der Waals surface area contributed by atoms with E-state index in [4.69, 9.17) is 5.73 Å². The van der Waals surface area contributed by atoms with Crippen molar-refractivity contribution in [3.63, 3.8) is 0 Å². The van der Waals surface area contributed by atoms with Gasteiger partial charge in [-0.3, -0.25) is 19.2 Å². The number of rotatable bonds is 4. The number of phenolic OH excluding ortho intramolecular Hbond substituents is 1. The summed E-state index contributed by atoms with van der Waals surface area (Å²) in [5.74, 6) is -3.37. The average molecular weight is 574 g/mol. The van der Waals surface area contributed by atoms with Crippen LogP contribution < -0.4 is 10.6 Å². The van der Waals surface area contributed by atoms with Crippen LogP contribution in [0.1, 0.15) is 33.5 Å². The van der Waals surface area contributed by atoms with Gasteiger partial charge in [-0.25, -0.2) is 0 Å². The molecule has 10 nitrogen and oxygen atoms in total. The van der Waals surface area contributed by atoms with Crippen molar-refractivity contribution in [3.05, 3.63) is 58.7 Å². The van der Waals surface area contributed by atoms with Gasteiger partial charge in [0, 0.05) is 38.2 Å². The summed E-state index contributed by atoms with van der Waals surface area (Å²) in [6.07, 6.45) is -0.847. The second kappa shape index (κ2) is 10.7. The number of nitrogens with two attached hydrogens (primary N) is 1. The zero-order valence-electron chi connectivity index (χ0n) is 24.0. The highest BCUT2D eigenvalue weighted by Crippen LogP contribution is 2.52. The number of aliphatic hydroxyl groups excluding tert-OH is 1. The minimum atomic E-state index is -2.70. The largest absolute Gasteiger partial charge is 0.506 e. The van der Waals surface area contributed by atoms with Gasteiger partial charge in [-0.1, -0.05) is 42.2 Å². The average Bonchev–Trinajstić information content (AvgIpc) is 2.92. The monoisotopic (exact) mass is 573 g/mol. The van der Waals surface area contributed by atoms with Gasteiger partial charge in [0.25, 0.3) is 0 Å². The number of hydrogen-bond acceptors (Lipinski definition) is 9. The molecule has 2 saturated carbocycles. The first-order valence-electron chi connectivity index (χ1n) is 13.9. The number of nitrogens with zero attached hydrogens (tertiary/aromatic N) is 2. The highest BCUT2D eigenvalue weighted by atomic mass is 16.3. The maximum absolute atomic E-state index is 14.1. The number of aliphatic hydroxyl groups is 2. The van der Waals surface area contributed by atoms with Gasteiger partial charge in [0.2, 0.25) is 5.91 Å². The number of Topliss-reactive ketones (excluding diaryl/α,β-unsaturated/α-hetero) is 3. The van der Waals surface area contributed by atoms with Crippen molar-refractivity contribution < 1.29 is 34.5 Å². The van der Waals surface area contributed by atoms with Gasteiger partial charge in [0.1, 0.15) is 11.7 Å². The van der Waals surface area contributed by atoms with Gasteiger partial charge in [0.05, 0.1) is 23.1 Å². The van der Waals surface area contributed by atoms with Crippen LogP contribution in [0.15, 0.2) is 36.4 Å². The quantitative estimate of drug-likeness (QED) is 0.298. The molecule has 3 aliphatic carbocycles. The second-order valence-corrected chi connectivity index (χ2v) is 12.0. The van der Waals surface area contributed by atoms with Crippen molar-refractivity contribution in [3.8, 4) is 17.6 Å². The van der Waals surface area contributed by atoms with Gasteiger partial charge in [-0.05, 0) is 50.0 Å². The molecular formula is C32H35N3O7. The first-order chi connectivity index (χ1) is 19.8. The number of benzene rings is 2. The van der Waals surface area contributed by atoms with Gasteiger partial charge >= 0.3 is 0 Å². The normalized spacial score (nSPS) is 30.1. The van der Waals surface area contributed by atoms with Gasteiger partial charge in [-0.15, -0.1) is 0 Å². The molecule has 2 aromatic carbocycles. The van der Waals surface area contributed by atoms with E-state index in [1.54, 1.807) is 39.2 Å². The fourth-order valence-electron chi connectivity index (χ4n) is 7.20. The molecule has 5 rings (SSSR count). The van der Waals surface area contributed by atoms with Crippen LogP contribution in [0.3, 0.4) is 0 Å². The standard InChI is InChI=1S/C32H35N3O7/c1-34(2)21-15-17(12-8-11-16-9-6-5-7-10-16)26(36)23-19(21)13-18-14-20-25(35(3)4)28(38)24(31(33)41)30(40)32(20,42)29(39)22(18)27(23)37/h5-7,9-10,15,18,20,22,24-25,28,36,38,42H,11,13-14H2,1-4H3,(H2,33,41)/t18-,20-,22?,24?,25-,28?,32-/m1/s1. The van der Waals surface area contributed by atoms with E-state index >= 15 is 0 Å². The van der Waals surface area contributed by atoms with Crippen LogP contribution in [0.2, 0.25) is 0 Å². The van der Waals surface area contributed by atoms with E-state index in [0.29, 0.717) is 17.7 Å². The van der Waals surface area contributed by atoms with Crippen LogP contribution in [-0.4, -0.2) is 89.4 Å². The molecule has 220 valence electrons. The molecule has 42 heavy (non-hydrogen) atoms. The Bertz CT molecular complexity index is 1540. The first-order valence-corrected chi connectivity index (χ1v) is 13.9. The Kier molecular flexibility index (Phi) is 7.47. The van der Waals surface area contributed by atoms with Gasteiger partial charge in [0.15, 0.2) is 23.0 Å². The number of aromatic hydroxyl groups is 1. The number of likely N-dealkylation sites (N-methyl/N-ethyl adjacent to an activating group) is 1. The summed E-state index contributed by atoms with van der Waals surface area (Å²) in [5, 5.41) is 34.1. The molecule has 0 aromatic heterocycles.